The van der Waals surface area contributed by atoms with Crippen LogP contribution in [0.4, 0.5) is 0 Å². The molecular formula is C16H25NOS. The third kappa shape index (κ3) is 3.67. The van der Waals surface area contributed by atoms with Crippen molar-refractivity contribution in [3.63, 3.8) is 0 Å². The first-order chi connectivity index (χ1) is 9.13. The van der Waals surface area contributed by atoms with Gasteiger partial charge in [-0.25, -0.2) is 0 Å². The number of rotatable bonds is 4. The van der Waals surface area contributed by atoms with Gasteiger partial charge in [-0.05, 0) is 49.5 Å². The highest BCUT2D eigenvalue weighted by molar-refractivity contribution is 7.98. The van der Waals surface area contributed by atoms with E-state index < -0.39 is 0 Å². The van der Waals surface area contributed by atoms with E-state index in [-0.39, 0.29) is 0 Å². The summed E-state index contributed by atoms with van der Waals surface area (Å²) in [6.45, 7) is 5.20. The quantitative estimate of drug-likeness (QED) is 0.844. The van der Waals surface area contributed by atoms with E-state index in [1.165, 1.54) is 11.3 Å². The smallest absolute Gasteiger partial charge is 0.125 e. The van der Waals surface area contributed by atoms with Gasteiger partial charge in [0.1, 0.15) is 5.75 Å². The highest BCUT2D eigenvalue weighted by Crippen LogP contribution is 2.34. The largest absolute Gasteiger partial charge is 0.490 e. The molecule has 2 unspecified atom stereocenters. The minimum atomic E-state index is 0.348. The van der Waals surface area contributed by atoms with Crippen molar-refractivity contribution in [2.75, 3.05) is 6.26 Å². The summed E-state index contributed by atoms with van der Waals surface area (Å²) in [6, 6.07) is 6.24. The maximum Gasteiger partial charge on any atom is 0.125 e. The van der Waals surface area contributed by atoms with Gasteiger partial charge in [-0.1, -0.05) is 19.9 Å². The normalized spacial score (nSPS) is 27.3. The Kier molecular flexibility index (Phi) is 5.17. The number of thioether (sulfide) groups is 1. The number of ether oxygens (including phenoxy) is 1. The molecule has 0 aliphatic heterocycles. The first kappa shape index (κ1) is 14.7. The van der Waals surface area contributed by atoms with Crippen molar-refractivity contribution in [1.82, 2.24) is 0 Å². The molecule has 0 radical (unpaired) electrons. The molecule has 0 amide bonds. The van der Waals surface area contributed by atoms with Crippen molar-refractivity contribution < 1.29 is 4.74 Å². The minimum absolute atomic E-state index is 0.348. The van der Waals surface area contributed by atoms with Crippen LogP contribution in [0.1, 0.15) is 38.7 Å². The number of benzene rings is 1. The monoisotopic (exact) mass is 279 g/mol. The molecule has 0 bridgehead atoms. The maximum absolute atomic E-state index is 6.27. The molecule has 1 aliphatic rings. The van der Waals surface area contributed by atoms with Gasteiger partial charge in [0, 0.05) is 17.0 Å². The van der Waals surface area contributed by atoms with Crippen LogP contribution in [0.5, 0.6) is 5.75 Å². The van der Waals surface area contributed by atoms with Crippen molar-refractivity contribution in [1.29, 1.82) is 0 Å². The lowest BCUT2D eigenvalue weighted by atomic mass is 9.82. The molecule has 2 rings (SSSR count). The average Bonchev–Trinajstić information content (AvgIpc) is 2.37. The zero-order valence-electron chi connectivity index (χ0n) is 12.2. The van der Waals surface area contributed by atoms with E-state index in [0.29, 0.717) is 12.6 Å². The molecule has 1 fully saturated rings. The predicted molar refractivity (Wildman–Crippen MR) is 82.7 cm³/mol. The molecule has 0 saturated heterocycles. The molecule has 2 N–H and O–H groups in total. The summed E-state index contributed by atoms with van der Waals surface area (Å²) < 4.78 is 6.27. The van der Waals surface area contributed by atoms with Gasteiger partial charge in [0.25, 0.3) is 0 Å². The van der Waals surface area contributed by atoms with E-state index in [0.717, 1.165) is 36.0 Å². The molecule has 0 aromatic heterocycles. The van der Waals surface area contributed by atoms with Crippen molar-refractivity contribution in [2.24, 2.45) is 17.6 Å². The van der Waals surface area contributed by atoms with Crippen LogP contribution in [0.2, 0.25) is 0 Å². The van der Waals surface area contributed by atoms with Crippen molar-refractivity contribution in [3.8, 4) is 5.75 Å². The zero-order chi connectivity index (χ0) is 13.8. The van der Waals surface area contributed by atoms with Gasteiger partial charge in [0.15, 0.2) is 0 Å². The van der Waals surface area contributed by atoms with Gasteiger partial charge in [0.05, 0.1) is 6.10 Å². The van der Waals surface area contributed by atoms with Crippen LogP contribution < -0.4 is 10.5 Å². The number of nitrogens with two attached hydrogens (primary N) is 1. The Morgan fingerprint density at radius 1 is 1.21 bits per heavy atom. The molecule has 2 atom stereocenters. The maximum atomic E-state index is 6.27. The first-order valence-electron chi connectivity index (χ1n) is 7.16. The third-order valence-corrected chi connectivity index (χ3v) is 4.77. The molecular weight excluding hydrogens is 254 g/mol. The van der Waals surface area contributed by atoms with Gasteiger partial charge >= 0.3 is 0 Å². The lowest BCUT2D eigenvalue weighted by Gasteiger charge is -2.32. The summed E-state index contributed by atoms with van der Waals surface area (Å²) in [7, 11) is 0. The molecule has 1 aromatic carbocycles. The van der Waals surface area contributed by atoms with Crippen LogP contribution in [-0.2, 0) is 6.54 Å². The summed E-state index contributed by atoms with van der Waals surface area (Å²) in [6.07, 6.45) is 6.09. The Balaban J connectivity index is 2.14. The summed E-state index contributed by atoms with van der Waals surface area (Å²) in [5, 5.41) is 0. The van der Waals surface area contributed by atoms with Gasteiger partial charge in [-0.15, -0.1) is 11.8 Å². The van der Waals surface area contributed by atoms with E-state index >= 15 is 0 Å². The SMILES string of the molecule is CSc1cccc(OC2CC(C)CC(C)C2)c1CN. The van der Waals surface area contributed by atoms with Gasteiger partial charge in [-0.3, -0.25) is 0 Å². The molecule has 1 saturated carbocycles. The van der Waals surface area contributed by atoms with Crippen molar-refractivity contribution >= 4 is 11.8 Å². The molecule has 106 valence electrons. The van der Waals surface area contributed by atoms with Crippen LogP contribution >= 0.6 is 11.8 Å². The topological polar surface area (TPSA) is 35.2 Å². The van der Waals surface area contributed by atoms with Crippen LogP contribution in [0.25, 0.3) is 0 Å². The molecule has 1 aliphatic carbocycles. The van der Waals surface area contributed by atoms with Crippen LogP contribution in [-0.4, -0.2) is 12.4 Å². The summed E-state index contributed by atoms with van der Waals surface area (Å²) >= 11 is 1.74. The lowest BCUT2D eigenvalue weighted by Crippen LogP contribution is -2.29. The summed E-state index contributed by atoms with van der Waals surface area (Å²) in [5.41, 5.74) is 7.05. The van der Waals surface area contributed by atoms with E-state index in [2.05, 4.69) is 38.3 Å². The Bertz CT molecular complexity index is 411. The van der Waals surface area contributed by atoms with E-state index in [4.69, 9.17) is 10.5 Å². The van der Waals surface area contributed by atoms with Crippen LogP contribution in [0.15, 0.2) is 23.1 Å². The van der Waals surface area contributed by atoms with Crippen molar-refractivity contribution in [2.45, 2.75) is 50.7 Å². The summed E-state index contributed by atoms with van der Waals surface area (Å²) in [5.74, 6) is 2.51. The molecule has 2 nitrogen and oxygen atoms in total. The molecule has 0 spiro atoms. The van der Waals surface area contributed by atoms with Crippen LogP contribution in [0.3, 0.4) is 0 Å². The Hall–Kier alpha value is -0.670. The van der Waals surface area contributed by atoms with Gasteiger partial charge in [0.2, 0.25) is 0 Å². The Morgan fingerprint density at radius 3 is 2.47 bits per heavy atom. The highest BCUT2D eigenvalue weighted by Gasteiger charge is 2.25. The van der Waals surface area contributed by atoms with Gasteiger partial charge < -0.3 is 10.5 Å². The second-order valence-corrected chi connectivity index (χ2v) is 6.65. The fourth-order valence-corrected chi connectivity index (χ4v) is 3.84. The third-order valence-electron chi connectivity index (χ3n) is 3.94. The standard InChI is InChI=1S/C16H25NOS/c1-11-7-12(2)9-13(8-11)18-15-5-4-6-16(19-3)14(15)10-17/h4-6,11-13H,7-10,17H2,1-3H3. The first-order valence-corrected chi connectivity index (χ1v) is 8.39. The fourth-order valence-electron chi connectivity index (χ4n) is 3.20. The fraction of sp³-hybridized carbons (Fsp3) is 0.625. The second kappa shape index (κ2) is 6.67. The van der Waals surface area contributed by atoms with E-state index in [9.17, 15) is 0 Å². The van der Waals surface area contributed by atoms with Crippen LogP contribution in [0, 0.1) is 11.8 Å². The molecule has 0 heterocycles. The average molecular weight is 279 g/mol. The molecule has 1 aromatic rings. The summed E-state index contributed by atoms with van der Waals surface area (Å²) in [4.78, 5) is 1.23. The van der Waals surface area contributed by atoms with Crippen molar-refractivity contribution in [3.05, 3.63) is 23.8 Å². The minimum Gasteiger partial charge on any atom is -0.490 e. The number of hydrogen-bond acceptors (Lipinski definition) is 3. The predicted octanol–water partition coefficient (Wildman–Crippen LogP) is 4.07. The van der Waals surface area contributed by atoms with Gasteiger partial charge in [-0.2, -0.15) is 0 Å². The lowest BCUT2D eigenvalue weighted by molar-refractivity contribution is 0.0998. The Morgan fingerprint density at radius 2 is 1.89 bits per heavy atom. The zero-order valence-corrected chi connectivity index (χ0v) is 13.0. The second-order valence-electron chi connectivity index (χ2n) is 5.80. The molecule has 19 heavy (non-hydrogen) atoms. The van der Waals surface area contributed by atoms with E-state index in [1.807, 2.05) is 0 Å². The Labute approximate surface area is 121 Å². The number of hydrogen-bond donors (Lipinski definition) is 1. The molecule has 3 heteroatoms. The van der Waals surface area contributed by atoms with E-state index in [1.54, 1.807) is 11.8 Å². The highest BCUT2D eigenvalue weighted by atomic mass is 32.2.